The number of halogens is 2. The maximum atomic E-state index is 13.9. The van der Waals surface area contributed by atoms with Crippen molar-refractivity contribution in [3.05, 3.63) is 101 Å². The van der Waals surface area contributed by atoms with Crippen LogP contribution in [0.4, 0.5) is 10.1 Å². The number of sulfonamides is 1. The first-order valence-corrected chi connectivity index (χ1v) is 13.3. The van der Waals surface area contributed by atoms with E-state index in [9.17, 15) is 22.4 Å². The van der Waals surface area contributed by atoms with Crippen LogP contribution in [0.3, 0.4) is 0 Å². The first-order valence-electron chi connectivity index (χ1n) is 11.1. The lowest BCUT2D eigenvalue weighted by molar-refractivity contribution is -0.139. The van der Waals surface area contributed by atoms with E-state index in [0.29, 0.717) is 10.6 Å². The molecule has 0 radical (unpaired) electrons. The minimum Gasteiger partial charge on any atom is -0.357 e. The van der Waals surface area contributed by atoms with E-state index in [1.807, 2.05) is 30.3 Å². The van der Waals surface area contributed by atoms with E-state index in [2.05, 4.69) is 5.32 Å². The van der Waals surface area contributed by atoms with Crippen molar-refractivity contribution in [2.24, 2.45) is 0 Å². The van der Waals surface area contributed by atoms with Gasteiger partial charge in [-0.15, -0.1) is 0 Å². The molecule has 10 heteroatoms. The number of nitrogens with one attached hydrogen (secondary N) is 1. The second-order valence-electron chi connectivity index (χ2n) is 8.18. The van der Waals surface area contributed by atoms with Crippen molar-refractivity contribution in [2.45, 2.75) is 19.0 Å². The molecule has 36 heavy (non-hydrogen) atoms. The summed E-state index contributed by atoms with van der Waals surface area (Å²) < 4.78 is 39.9. The Morgan fingerprint density at radius 3 is 2.28 bits per heavy atom. The predicted octanol–water partition coefficient (Wildman–Crippen LogP) is 3.63. The van der Waals surface area contributed by atoms with Gasteiger partial charge in [0.15, 0.2) is 0 Å². The van der Waals surface area contributed by atoms with E-state index in [1.54, 1.807) is 24.3 Å². The summed E-state index contributed by atoms with van der Waals surface area (Å²) in [6, 6.07) is 20.1. The molecule has 3 aromatic carbocycles. The molecule has 0 aliphatic carbocycles. The fourth-order valence-electron chi connectivity index (χ4n) is 3.78. The Balaban J connectivity index is 2.04. The maximum Gasteiger partial charge on any atom is 0.244 e. The summed E-state index contributed by atoms with van der Waals surface area (Å²) in [5, 5.41) is 3.00. The summed E-state index contributed by atoms with van der Waals surface area (Å²) in [6.45, 7) is -0.667. The van der Waals surface area contributed by atoms with Crippen molar-refractivity contribution in [3.63, 3.8) is 0 Å². The fourth-order valence-corrected chi connectivity index (χ4v) is 4.81. The van der Waals surface area contributed by atoms with Gasteiger partial charge in [0, 0.05) is 25.0 Å². The van der Waals surface area contributed by atoms with Gasteiger partial charge in [-0.2, -0.15) is 0 Å². The van der Waals surface area contributed by atoms with Crippen molar-refractivity contribution in [1.82, 2.24) is 10.2 Å². The zero-order valence-corrected chi connectivity index (χ0v) is 21.5. The van der Waals surface area contributed by atoms with Crippen LogP contribution in [0.5, 0.6) is 0 Å². The van der Waals surface area contributed by atoms with Crippen molar-refractivity contribution in [3.8, 4) is 0 Å². The summed E-state index contributed by atoms with van der Waals surface area (Å²) in [5.41, 5.74) is 1.40. The summed E-state index contributed by atoms with van der Waals surface area (Å²) in [6.07, 6.45) is 1.12. The highest BCUT2D eigenvalue weighted by Crippen LogP contribution is 2.23. The Morgan fingerprint density at radius 2 is 1.67 bits per heavy atom. The monoisotopic (exact) mass is 531 g/mol. The highest BCUT2D eigenvalue weighted by atomic mass is 35.5. The van der Waals surface area contributed by atoms with Gasteiger partial charge in [0.1, 0.15) is 18.4 Å². The lowest BCUT2D eigenvalue weighted by atomic mass is 10.0. The Labute approximate surface area is 215 Å². The molecule has 0 aliphatic rings. The minimum absolute atomic E-state index is 0.00287. The lowest BCUT2D eigenvalue weighted by Gasteiger charge is -2.33. The first-order chi connectivity index (χ1) is 17.1. The molecule has 7 nitrogen and oxygen atoms in total. The molecular weight excluding hydrogens is 505 g/mol. The molecule has 190 valence electrons. The number of amides is 2. The highest BCUT2D eigenvalue weighted by Gasteiger charge is 2.33. The highest BCUT2D eigenvalue weighted by molar-refractivity contribution is 7.92. The van der Waals surface area contributed by atoms with Crippen LogP contribution in [0.15, 0.2) is 78.9 Å². The molecule has 0 aromatic heterocycles. The van der Waals surface area contributed by atoms with E-state index in [-0.39, 0.29) is 18.7 Å². The number of rotatable bonds is 10. The maximum absolute atomic E-state index is 13.9. The SMILES string of the molecule is CNC(=O)[C@H](Cc1ccccc1)N(Cc1ccccc1Cl)C(=O)CN(c1cccc(F)c1)S(C)(=O)=O. The van der Waals surface area contributed by atoms with E-state index in [1.165, 1.54) is 30.1 Å². The van der Waals surface area contributed by atoms with Gasteiger partial charge >= 0.3 is 0 Å². The van der Waals surface area contributed by atoms with Gasteiger partial charge in [-0.25, -0.2) is 12.8 Å². The Hall–Kier alpha value is -3.43. The quantitative estimate of drug-likeness (QED) is 0.433. The topological polar surface area (TPSA) is 86.8 Å². The molecule has 1 N–H and O–H groups in total. The minimum atomic E-state index is -3.96. The summed E-state index contributed by atoms with van der Waals surface area (Å²) in [7, 11) is -2.50. The fraction of sp³-hybridized carbons (Fsp3) is 0.231. The van der Waals surface area contributed by atoms with Crippen LogP contribution >= 0.6 is 11.6 Å². The van der Waals surface area contributed by atoms with Crippen LogP contribution in [0, 0.1) is 5.82 Å². The molecule has 0 bridgehead atoms. The molecule has 0 fully saturated rings. The lowest BCUT2D eigenvalue weighted by Crippen LogP contribution is -2.52. The molecular formula is C26H27ClFN3O4S. The molecule has 0 saturated carbocycles. The average Bonchev–Trinajstić information content (AvgIpc) is 2.85. The van der Waals surface area contributed by atoms with Crippen molar-refractivity contribution < 1.29 is 22.4 Å². The number of anilines is 1. The summed E-state index contributed by atoms with van der Waals surface area (Å²) in [5.74, 6) is -1.71. The Morgan fingerprint density at radius 1 is 1.00 bits per heavy atom. The molecule has 3 aromatic rings. The van der Waals surface area contributed by atoms with Gasteiger partial charge in [-0.1, -0.05) is 66.2 Å². The van der Waals surface area contributed by atoms with Gasteiger partial charge in [0.05, 0.1) is 11.9 Å². The van der Waals surface area contributed by atoms with E-state index in [4.69, 9.17) is 11.6 Å². The van der Waals surface area contributed by atoms with Crippen LogP contribution in [0.25, 0.3) is 0 Å². The second-order valence-corrected chi connectivity index (χ2v) is 10.5. The van der Waals surface area contributed by atoms with Crippen molar-refractivity contribution >= 4 is 39.1 Å². The number of carbonyl (C=O) groups excluding carboxylic acids is 2. The number of benzene rings is 3. The largest absolute Gasteiger partial charge is 0.357 e. The van der Waals surface area contributed by atoms with E-state index in [0.717, 1.165) is 22.2 Å². The van der Waals surface area contributed by atoms with Gasteiger partial charge in [-0.3, -0.25) is 13.9 Å². The van der Waals surface area contributed by atoms with Gasteiger partial charge in [0.25, 0.3) is 0 Å². The van der Waals surface area contributed by atoms with Crippen molar-refractivity contribution in [2.75, 3.05) is 24.2 Å². The van der Waals surface area contributed by atoms with Gasteiger partial charge in [0.2, 0.25) is 21.8 Å². The van der Waals surface area contributed by atoms with Crippen LogP contribution in [-0.4, -0.2) is 51.0 Å². The third kappa shape index (κ3) is 7.05. The molecule has 0 spiro atoms. The molecule has 0 aliphatic heterocycles. The first kappa shape index (κ1) is 27.2. The average molecular weight is 532 g/mol. The summed E-state index contributed by atoms with van der Waals surface area (Å²) >= 11 is 6.36. The second kappa shape index (κ2) is 12.0. The van der Waals surface area contributed by atoms with E-state index < -0.39 is 40.2 Å². The number of hydrogen-bond acceptors (Lipinski definition) is 4. The molecule has 0 unspecified atom stereocenters. The third-order valence-corrected chi connectivity index (χ3v) is 7.10. The number of likely N-dealkylation sites (N-methyl/N-ethyl adjacent to an activating group) is 1. The molecule has 1 atom stereocenters. The van der Waals surface area contributed by atoms with E-state index >= 15 is 0 Å². The number of nitrogens with zero attached hydrogens (tertiary/aromatic N) is 2. The Kier molecular flexibility index (Phi) is 9.06. The smallest absolute Gasteiger partial charge is 0.244 e. The van der Waals surface area contributed by atoms with Crippen LogP contribution < -0.4 is 9.62 Å². The standard InChI is InChI=1S/C26H27ClFN3O4S/c1-29-26(33)24(15-19-9-4-3-5-10-19)30(17-20-11-6-7-14-23(20)27)25(32)18-31(36(2,34)35)22-13-8-12-21(28)16-22/h3-14,16,24H,15,17-18H2,1-2H3,(H,29,33)/t24-/m0/s1. The third-order valence-electron chi connectivity index (χ3n) is 5.59. The summed E-state index contributed by atoms with van der Waals surface area (Å²) in [4.78, 5) is 28.1. The van der Waals surface area contributed by atoms with Crippen LogP contribution in [0.1, 0.15) is 11.1 Å². The zero-order valence-electron chi connectivity index (χ0n) is 19.9. The molecule has 0 saturated heterocycles. The van der Waals surface area contributed by atoms with Crippen molar-refractivity contribution in [1.29, 1.82) is 0 Å². The van der Waals surface area contributed by atoms with Crippen LogP contribution in [-0.2, 0) is 32.6 Å². The normalized spacial score (nSPS) is 12.0. The van der Waals surface area contributed by atoms with Gasteiger partial charge < -0.3 is 10.2 Å². The number of carbonyl (C=O) groups is 2. The van der Waals surface area contributed by atoms with Gasteiger partial charge in [-0.05, 0) is 35.4 Å². The zero-order chi connectivity index (χ0) is 26.3. The molecule has 2 amide bonds. The van der Waals surface area contributed by atoms with Crippen LogP contribution in [0.2, 0.25) is 5.02 Å². The molecule has 3 rings (SSSR count). The Bertz CT molecular complexity index is 1320. The number of hydrogen-bond donors (Lipinski definition) is 1. The molecule has 0 heterocycles. The predicted molar refractivity (Wildman–Crippen MR) is 139 cm³/mol.